The maximum atomic E-state index is 11.7. The van der Waals surface area contributed by atoms with Gasteiger partial charge in [-0.3, -0.25) is 0 Å². The molecule has 4 rings (SSSR count). The van der Waals surface area contributed by atoms with E-state index < -0.39 is 11.7 Å². The smallest absolute Gasteiger partial charge is 0.407 e. The van der Waals surface area contributed by atoms with Gasteiger partial charge in [0, 0.05) is 12.0 Å². The minimum absolute atomic E-state index is 0.0138. The molecular weight excluding hydrogens is 470 g/mol. The number of carbonyl (C=O) groups excluding carboxylic acids is 1. The molecule has 9 heteroatoms. The number of fused-ring (bicyclic) bond motifs is 3. The van der Waals surface area contributed by atoms with E-state index >= 15 is 0 Å². The second-order valence-electron chi connectivity index (χ2n) is 9.80. The van der Waals surface area contributed by atoms with Crippen LogP contribution in [0.2, 0.25) is 0 Å². The summed E-state index contributed by atoms with van der Waals surface area (Å²) in [6.07, 6.45) is 2.11. The maximum Gasteiger partial charge on any atom is 0.407 e. The van der Waals surface area contributed by atoms with Crippen LogP contribution in [0.5, 0.6) is 5.75 Å². The molecule has 3 N–H and O–H groups in total. The lowest BCUT2D eigenvalue weighted by molar-refractivity contribution is 0.0520. The second-order valence-corrected chi connectivity index (χ2v) is 9.80. The summed E-state index contributed by atoms with van der Waals surface area (Å²) in [4.78, 5) is 20.8. The fourth-order valence-electron chi connectivity index (χ4n) is 4.17. The molecule has 0 radical (unpaired) electrons. The molecule has 0 saturated carbocycles. The molecule has 0 saturated heterocycles. The largest absolute Gasteiger partial charge is 0.492 e. The highest BCUT2D eigenvalue weighted by Gasteiger charge is 2.19. The number of rotatable bonds is 10. The molecule has 1 amide bonds. The van der Waals surface area contributed by atoms with Crippen LogP contribution >= 0.6 is 0 Å². The first-order chi connectivity index (χ1) is 17.7. The minimum atomic E-state index is -0.527. The van der Waals surface area contributed by atoms with E-state index in [0.29, 0.717) is 37.7 Å². The average Bonchev–Trinajstić information content (AvgIpc) is 3.30. The summed E-state index contributed by atoms with van der Waals surface area (Å²) in [6, 6.07) is 15.9. The highest BCUT2D eigenvalue weighted by atomic mass is 16.6. The van der Waals surface area contributed by atoms with Gasteiger partial charge in [0.1, 0.15) is 23.5 Å². The first kappa shape index (κ1) is 26.2. The first-order valence-electron chi connectivity index (χ1n) is 12.5. The minimum Gasteiger partial charge on any atom is -0.492 e. The number of alkyl carbamates (subject to hydrolysis) is 1. The Morgan fingerprint density at radius 1 is 1.14 bits per heavy atom. The number of amides is 1. The van der Waals surface area contributed by atoms with E-state index in [0.717, 1.165) is 34.2 Å². The summed E-state index contributed by atoms with van der Waals surface area (Å²) in [7, 11) is 0. The number of imidazole rings is 1. The van der Waals surface area contributed by atoms with Gasteiger partial charge in [0.25, 0.3) is 0 Å². The molecule has 0 aliphatic carbocycles. The van der Waals surface area contributed by atoms with Crippen LogP contribution < -0.4 is 15.8 Å². The normalized spacial score (nSPS) is 12.5. The van der Waals surface area contributed by atoms with E-state index in [4.69, 9.17) is 19.9 Å². The standard InChI is InChI=1S/C28H35N5O4/c1-5-35-17-20(33-18-31-24-25(33)22-8-6-7-9-23(22)32-26(24)29)16-19-10-12-21(13-11-19)36-15-14-30-27(34)37-28(2,3)4/h6-13,18,20H,5,14-17H2,1-4H3,(H2,29,32)(H,30,34)/t20-/m0/s1. The second kappa shape index (κ2) is 11.5. The number of anilines is 1. The Hall–Kier alpha value is -3.85. The molecule has 0 unspecified atom stereocenters. The Morgan fingerprint density at radius 2 is 1.89 bits per heavy atom. The van der Waals surface area contributed by atoms with Crippen molar-refractivity contribution in [2.24, 2.45) is 0 Å². The van der Waals surface area contributed by atoms with Gasteiger partial charge in [-0.2, -0.15) is 0 Å². The van der Waals surface area contributed by atoms with E-state index in [9.17, 15) is 4.79 Å². The monoisotopic (exact) mass is 505 g/mol. The van der Waals surface area contributed by atoms with E-state index in [2.05, 4.69) is 19.9 Å². The fourth-order valence-corrected chi connectivity index (χ4v) is 4.17. The van der Waals surface area contributed by atoms with E-state index in [1.165, 1.54) is 0 Å². The lowest BCUT2D eigenvalue weighted by atomic mass is 10.1. The van der Waals surface area contributed by atoms with Crippen molar-refractivity contribution in [2.45, 2.75) is 45.8 Å². The van der Waals surface area contributed by atoms with Gasteiger partial charge in [-0.15, -0.1) is 0 Å². The zero-order valence-corrected chi connectivity index (χ0v) is 21.9. The predicted octanol–water partition coefficient (Wildman–Crippen LogP) is 4.89. The summed E-state index contributed by atoms with van der Waals surface area (Å²) >= 11 is 0. The average molecular weight is 506 g/mol. The zero-order chi connectivity index (χ0) is 26.4. The van der Waals surface area contributed by atoms with Crippen molar-refractivity contribution in [2.75, 3.05) is 32.1 Å². The van der Waals surface area contributed by atoms with E-state index in [1.54, 1.807) is 0 Å². The number of nitrogens with zero attached hydrogens (tertiary/aromatic N) is 3. The van der Waals surface area contributed by atoms with Gasteiger partial charge in [-0.25, -0.2) is 14.8 Å². The molecule has 0 aliphatic rings. The molecule has 37 heavy (non-hydrogen) atoms. The van der Waals surface area contributed by atoms with Crippen LogP contribution in [0.3, 0.4) is 0 Å². The molecule has 0 fully saturated rings. The number of carbonyl (C=O) groups is 1. The fraction of sp³-hybridized carbons (Fsp3) is 0.393. The zero-order valence-electron chi connectivity index (χ0n) is 21.9. The third-order valence-corrected chi connectivity index (χ3v) is 5.78. The molecule has 0 spiro atoms. The number of nitrogens with one attached hydrogen (secondary N) is 1. The molecule has 0 aliphatic heterocycles. The summed E-state index contributed by atoms with van der Waals surface area (Å²) in [6.45, 7) is 9.33. The number of ether oxygens (including phenoxy) is 3. The number of pyridine rings is 1. The van der Waals surface area contributed by atoms with Crippen molar-refractivity contribution in [1.82, 2.24) is 19.9 Å². The van der Waals surface area contributed by atoms with Gasteiger partial charge in [-0.1, -0.05) is 30.3 Å². The molecular formula is C28H35N5O4. The third-order valence-electron chi connectivity index (χ3n) is 5.78. The number of hydrogen-bond acceptors (Lipinski definition) is 7. The van der Waals surface area contributed by atoms with Crippen LogP contribution in [0.15, 0.2) is 54.9 Å². The van der Waals surface area contributed by atoms with Gasteiger partial charge < -0.3 is 29.8 Å². The van der Waals surface area contributed by atoms with Gasteiger partial charge in [0.15, 0.2) is 5.82 Å². The predicted molar refractivity (Wildman–Crippen MR) is 145 cm³/mol. The number of aromatic nitrogens is 3. The summed E-state index contributed by atoms with van der Waals surface area (Å²) in [5, 5.41) is 3.70. The summed E-state index contributed by atoms with van der Waals surface area (Å²) < 4.78 is 19.0. The SMILES string of the molecule is CCOC[C@H](Cc1ccc(OCCNC(=O)OC(C)(C)C)cc1)n1cnc2c(N)nc3ccccc3c21. The number of hydrogen-bond donors (Lipinski definition) is 2. The highest BCUT2D eigenvalue weighted by Crippen LogP contribution is 2.30. The molecule has 4 aromatic rings. The van der Waals surface area contributed by atoms with Crippen molar-refractivity contribution in [3.63, 3.8) is 0 Å². The Balaban J connectivity index is 1.45. The molecule has 2 heterocycles. The lowest BCUT2D eigenvalue weighted by Gasteiger charge is -2.21. The topological polar surface area (TPSA) is 114 Å². The van der Waals surface area contributed by atoms with Crippen molar-refractivity contribution < 1.29 is 19.0 Å². The van der Waals surface area contributed by atoms with Crippen LogP contribution in [-0.2, 0) is 15.9 Å². The number of para-hydroxylation sites is 1. The number of nitrogen functional groups attached to an aromatic ring is 1. The van der Waals surface area contributed by atoms with Crippen molar-refractivity contribution >= 4 is 33.8 Å². The molecule has 2 aromatic heterocycles. The summed E-state index contributed by atoms with van der Waals surface area (Å²) in [5.74, 6) is 1.15. The quantitative estimate of drug-likeness (QED) is 0.295. The Labute approximate surface area is 216 Å². The Bertz CT molecular complexity index is 1340. The van der Waals surface area contributed by atoms with E-state index in [-0.39, 0.29) is 6.04 Å². The Morgan fingerprint density at radius 3 is 2.62 bits per heavy atom. The molecule has 2 aromatic carbocycles. The van der Waals surface area contributed by atoms with Gasteiger partial charge in [0.2, 0.25) is 0 Å². The first-order valence-corrected chi connectivity index (χ1v) is 12.5. The molecule has 0 bridgehead atoms. The molecule has 196 valence electrons. The third kappa shape index (κ3) is 6.68. The van der Waals surface area contributed by atoms with Crippen molar-refractivity contribution in [3.05, 3.63) is 60.4 Å². The van der Waals surface area contributed by atoms with Crippen molar-refractivity contribution in [3.8, 4) is 5.75 Å². The van der Waals surface area contributed by atoms with Gasteiger partial charge >= 0.3 is 6.09 Å². The van der Waals surface area contributed by atoms with Crippen LogP contribution in [-0.4, -0.2) is 52.6 Å². The van der Waals surface area contributed by atoms with Crippen LogP contribution in [0, 0.1) is 0 Å². The molecule has 1 atom stereocenters. The van der Waals surface area contributed by atoms with Crippen LogP contribution in [0.25, 0.3) is 21.9 Å². The Kier molecular flexibility index (Phi) is 8.13. The van der Waals surface area contributed by atoms with Gasteiger partial charge in [0.05, 0.1) is 36.6 Å². The van der Waals surface area contributed by atoms with Crippen LogP contribution in [0.1, 0.15) is 39.3 Å². The lowest BCUT2D eigenvalue weighted by Crippen LogP contribution is -2.34. The van der Waals surface area contributed by atoms with Crippen molar-refractivity contribution in [1.29, 1.82) is 0 Å². The maximum absolute atomic E-state index is 11.7. The number of nitrogens with two attached hydrogens (primary N) is 1. The van der Waals surface area contributed by atoms with Crippen LogP contribution in [0.4, 0.5) is 10.6 Å². The summed E-state index contributed by atoms with van der Waals surface area (Å²) in [5.41, 5.74) is 9.35. The van der Waals surface area contributed by atoms with E-state index in [1.807, 2.05) is 82.6 Å². The van der Waals surface area contributed by atoms with Gasteiger partial charge in [-0.05, 0) is 57.9 Å². The highest BCUT2D eigenvalue weighted by molar-refractivity contribution is 6.06. The number of benzene rings is 2. The molecule has 9 nitrogen and oxygen atoms in total.